The van der Waals surface area contributed by atoms with Crippen LogP contribution in [0.15, 0.2) is 60.7 Å². The average molecular weight is 348 g/mol. The number of nitrogens with one attached hydrogen (secondary N) is 1. The zero-order valence-electron chi connectivity index (χ0n) is 13.8. The van der Waals surface area contributed by atoms with E-state index in [9.17, 15) is 14.9 Å². The van der Waals surface area contributed by atoms with Gasteiger partial charge in [0.2, 0.25) is 0 Å². The number of carbonyl (C=O) groups excluding carboxylic acids is 1. The molecule has 0 unspecified atom stereocenters. The van der Waals surface area contributed by atoms with E-state index in [2.05, 4.69) is 10.4 Å². The summed E-state index contributed by atoms with van der Waals surface area (Å²) in [4.78, 5) is 22.8. The van der Waals surface area contributed by atoms with Gasteiger partial charge in [0.15, 0.2) is 0 Å². The smallest absolute Gasteiger partial charge is 0.269 e. The summed E-state index contributed by atoms with van der Waals surface area (Å²) in [7, 11) is 0. The van der Waals surface area contributed by atoms with Crippen molar-refractivity contribution < 1.29 is 9.72 Å². The molecule has 130 valence electrons. The zero-order chi connectivity index (χ0) is 18.1. The summed E-state index contributed by atoms with van der Waals surface area (Å²) in [6, 6.07) is 17.0. The summed E-state index contributed by atoms with van der Waals surface area (Å²) in [5.74, 6) is 0.704. The van der Waals surface area contributed by atoms with Gasteiger partial charge in [-0.1, -0.05) is 18.2 Å². The molecule has 0 aliphatic heterocycles. The molecule has 0 radical (unpaired) electrons. The second kappa shape index (κ2) is 6.44. The fourth-order valence-electron chi connectivity index (χ4n) is 2.76. The molecule has 0 saturated heterocycles. The summed E-state index contributed by atoms with van der Waals surface area (Å²) < 4.78 is 1.72. The van der Waals surface area contributed by atoms with Gasteiger partial charge in [-0.25, -0.2) is 4.68 Å². The number of nitro groups is 1. The second-order valence-corrected chi connectivity index (χ2v) is 6.23. The van der Waals surface area contributed by atoms with Gasteiger partial charge in [-0.05, 0) is 37.1 Å². The number of nitrogens with zero attached hydrogens (tertiary/aromatic N) is 3. The number of non-ortho nitro benzene ring substituents is 1. The lowest BCUT2D eigenvalue weighted by Crippen LogP contribution is -2.15. The van der Waals surface area contributed by atoms with Gasteiger partial charge >= 0.3 is 0 Å². The summed E-state index contributed by atoms with van der Waals surface area (Å²) in [5.41, 5.74) is 2.13. The lowest BCUT2D eigenvalue weighted by molar-refractivity contribution is -0.384. The monoisotopic (exact) mass is 348 g/mol. The Morgan fingerprint density at radius 1 is 1.12 bits per heavy atom. The van der Waals surface area contributed by atoms with Crippen LogP contribution in [0.25, 0.3) is 5.69 Å². The number of anilines is 1. The molecule has 1 aliphatic rings. The molecule has 26 heavy (non-hydrogen) atoms. The highest BCUT2D eigenvalue weighted by Gasteiger charge is 2.28. The SMILES string of the molecule is O=C(Nc1cc(C2CC2)nn1-c1ccccc1)c1ccc([N+](=O)[O-])cc1. The fraction of sp³-hybridized carbons (Fsp3) is 0.158. The molecule has 1 heterocycles. The number of aromatic nitrogens is 2. The Balaban J connectivity index is 1.62. The largest absolute Gasteiger partial charge is 0.306 e. The quantitative estimate of drug-likeness (QED) is 0.559. The first-order chi connectivity index (χ1) is 12.6. The lowest BCUT2D eigenvalue weighted by atomic mass is 10.2. The van der Waals surface area contributed by atoms with Crippen LogP contribution in [0.1, 0.15) is 34.8 Å². The molecular formula is C19H16N4O3. The van der Waals surface area contributed by atoms with Gasteiger partial charge in [0.25, 0.3) is 11.6 Å². The van der Waals surface area contributed by atoms with E-state index < -0.39 is 4.92 Å². The molecule has 0 atom stereocenters. The zero-order valence-corrected chi connectivity index (χ0v) is 13.8. The van der Waals surface area contributed by atoms with Crippen molar-refractivity contribution in [2.24, 2.45) is 0 Å². The number of amides is 1. The predicted octanol–water partition coefficient (Wildman–Crippen LogP) is 3.91. The van der Waals surface area contributed by atoms with Gasteiger partial charge < -0.3 is 5.32 Å². The van der Waals surface area contributed by atoms with E-state index in [1.54, 1.807) is 4.68 Å². The van der Waals surface area contributed by atoms with Crippen LogP contribution in [-0.2, 0) is 0 Å². The second-order valence-electron chi connectivity index (χ2n) is 6.23. The van der Waals surface area contributed by atoms with E-state index in [1.807, 2.05) is 36.4 Å². The summed E-state index contributed by atoms with van der Waals surface area (Å²) >= 11 is 0. The average Bonchev–Trinajstić information content (AvgIpc) is 3.43. The van der Waals surface area contributed by atoms with Crippen molar-refractivity contribution in [2.45, 2.75) is 18.8 Å². The van der Waals surface area contributed by atoms with Crippen LogP contribution in [0.2, 0.25) is 0 Å². The standard InChI is InChI=1S/C19H16N4O3/c24-19(14-8-10-16(11-9-14)23(25)26)20-18-12-17(13-6-7-13)21-22(18)15-4-2-1-3-5-15/h1-5,8-13H,6-7H2,(H,20,24). The fourth-order valence-corrected chi connectivity index (χ4v) is 2.76. The van der Waals surface area contributed by atoms with Crippen LogP contribution < -0.4 is 5.32 Å². The van der Waals surface area contributed by atoms with E-state index in [0.29, 0.717) is 17.3 Å². The van der Waals surface area contributed by atoms with Gasteiger partial charge in [0, 0.05) is 29.7 Å². The number of rotatable bonds is 5. The summed E-state index contributed by atoms with van der Waals surface area (Å²) in [6.45, 7) is 0. The van der Waals surface area contributed by atoms with Crippen molar-refractivity contribution in [2.75, 3.05) is 5.32 Å². The van der Waals surface area contributed by atoms with Crippen molar-refractivity contribution in [1.29, 1.82) is 0 Å². The van der Waals surface area contributed by atoms with E-state index in [-0.39, 0.29) is 11.6 Å². The summed E-state index contributed by atoms with van der Waals surface area (Å²) in [5, 5.41) is 18.2. The molecular weight excluding hydrogens is 332 g/mol. The van der Waals surface area contributed by atoms with Crippen LogP contribution in [0.5, 0.6) is 0 Å². The Morgan fingerprint density at radius 3 is 2.42 bits per heavy atom. The minimum absolute atomic E-state index is 0.0492. The van der Waals surface area contributed by atoms with Crippen LogP contribution in [0.3, 0.4) is 0 Å². The Bertz CT molecular complexity index is 960. The minimum atomic E-state index is -0.492. The van der Waals surface area contributed by atoms with E-state index in [0.717, 1.165) is 24.2 Å². The van der Waals surface area contributed by atoms with Crippen molar-refractivity contribution in [3.8, 4) is 5.69 Å². The molecule has 1 aliphatic carbocycles. The van der Waals surface area contributed by atoms with Gasteiger partial charge in [-0.15, -0.1) is 0 Å². The van der Waals surface area contributed by atoms with Crippen LogP contribution in [0.4, 0.5) is 11.5 Å². The molecule has 0 spiro atoms. The molecule has 7 nitrogen and oxygen atoms in total. The topological polar surface area (TPSA) is 90.1 Å². The van der Waals surface area contributed by atoms with Gasteiger partial charge in [0.05, 0.1) is 16.3 Å². The van der Waals surface area contributed by atoms with Gasteiger partial charge in [-0.3, -0.25) is 14.9 Å². The molecule has 0 bridgehead atoms. The molecule has 2 aromatic carbocycles. The highest BCUT2D eigenvalue weighted by atomic mass is 16.6. The highest BCUT2D eigenvalue weighted by molar-refractivity contribution is 6.04. The molecule has 1 fully saturated rings. The Morgan fingerprint density at radius 2 is 1.81 bits per heavy atom. The van der Waals surface area contributed by atoms with Crippen molar-refractivity contribution in [1.82, 2.24) is 9.78 Å². The van der Waals surface area contributed by atoms with Crippen LogP contribution in [-0.4, -0.2) is 20.6 Å². The lowest BCUT2D eigenvalue weighted by Gasteiger charge is -2.08. The van der Waals surface area contributed by atoms with E-state index in [1.165, 1.54) is 24.3 Å². The third kappa shape index (κ3) is 3.19. The van der Waals surface area contributed by atoms with E-state index in [4.69, 9.17) is 0 Å². The molecule has 1 amide bonds. The number of hydrogen-bond donors (Lipinski definition) is 1. The number of hydrogen-bond acceptors (Lipinski definition) is 4. The Labute approximate surface area is 149 Å². The molecule has 1 N–H and O–H groups in total. The Kier molecular flexibility index (Phi) is 3.96. The number of carbonyl (C=O) groups is 1. The maximum atomic E-state index is 12.6. The first kappa shape index (κ1) is 16.0. The number of nitro benzene ring substituents is 1. The maximum absolute atomic E-state index is 12.6. The molecule has 1 saturated carbocycles. The van der Waals surface area contributed by atoms with Gasteiger partial charge in [-0.2, -0.15) is 5.10 Å². The molecule has 1 aromatic heterocycles. The van der Waals surface area contributed by atoms with Crippen molar-refractivity contribution in [3.63, 3.8) is 0 Å². The van der Waals surface area contributed by atoms with Crippen molar-refractivity contribution >= 4 is 17.4 Å². The summed E-state index contributed by atoms with van der Waals surface area (Å²) in [6.07, 6.45) is 2.23. The maximum Gasteiger partial charge on any atom is 0.269 e. The molecule has 4 rings (SSSR count). The predicted molar refractivity (Wildman–Crippen MR) is 96.6 cm³/mol. The third-order valence-corrected chi connectivity index (χ3v) is 4.31. The first-order valence-electron chi connectivity index (χ1n) is 8.33. The number of benzene rings is 2. The van der Waals surface area contributed by atoms with Crippen LogP contribution in [0, 0.1) is 10.1 Å². The Hall–Kier alpha value is -3.48. The number of para-hydroxylation sites is 1. The first-order valence-corrected chi connectivity index (χ1v) is 8.33. The molecule has 3 aromatic rings. The molecule has 7 heteroatoms. The van der Waals surface area contributed by atoms with Crippen LogP contribution >= 0.6 is 0 Å². The minimum Gasteiger partial charge on any atom is -0.306 e. The highest BCUT2D eigenvalue weighted by Crippen LogP contribution is 2.40. The van der Waals surface area contributed by atoms with Crippen molar-refractivity contribution in [3.05, 3.63) is 82.0 Å². The third-order valence-electron chi connectivity index (χ3n) is 4.31. The van der Waals surface area contributed by atoms with E-state index >= 15 is 0 Å². The van der Waals surface area contributed by atoms with Gasteiger partial charge in [0.1, 0.15) is 5.82 Å². The normalized spacial score (nSPS) is 13.4.